The summed E-state index contributed by atoms with van der Waals surface area (Å²) >= 11 is 3.83. The molecule has 0 aliphatic carbocycles. The molecule has 0 saturated carbocycles. The van der Waals surface area contributed by atoms with Gasteiger partial charge in [0.05, 0.1) is 18.8 Å². The zero-order valence-electron chi connectivity index (χ0n) is 18.3. The SMILES string of the molecule is CCC(C)C(NC(=O)C(N)Cc1cnc[nH]1)C(=O)NC(CC(=O)O)C(=O)NC(CS)C(=O)O. The smallest absolute Gasteiger partial charge is 0.327 e. The molecule has 0 aromatic carbocycles. The maximum atomic E-state index is 12.9. The number of carboxylic acid groups (broad SMARTS) is 2. The number of rotatable bonds is 14. The summed E-state index contributed by atoms with van der Waals surface area (Å²) in [4.78, 5) is 66.9. The molecule has 1 heterocycles. The molecular formula is C19H30N6O7S. The predicted molar refractivity (Wildman–Crippen MR) is 119 cm³/mol. The molecule has 184 valence electrons. The van der Waals surface area contributed by atoms with Gasteiger partial charge in [-0.15, -0.1) is 0 Å². The van der Waals surface area contributed by atoms with Gasteiger partial charge >= 0.3 is 11.9 Å². The lowest BCUT2D eigenvalue weighted by molar-refractivity contribution is -0.143. The zero-order chi connectivity index (χ0) is 25.1. The summed E-state index contributed by atoms with van der Waals surface area (Å²) in [6.45, 7) is 3.48. The van der Waals surface area contributed by atoms with E-state index in [0.29, 0.717) is 12.1 Å². The van der Waals surface area contributed by atoms with Crippen LogP contribution in [0, 0.1) is 5.92 Å². The fourth-order valence-electron chi connectivity index (χ4n) is 2.79. The third-order valence-corrected chi connectivity index (χ3v) is 5.30. The van der Waals surface area contributed by atoms with Crippen molar-refractivity contribution in [2.45, 2.75) is 57.3 Å². The number of aromatic amines is 1. The number of nitrogens with one attached hydrogen (secondary N) is 4. The fraction of sp³-hybridized carbons (Fsp3) is 0.579. The predicted octanol–water partition coefficient (Wildman–Crippen LogP) is -1.73. The summed E-state index contributed by atoms with van der Waals surface area (Å²) < 4.78 is 0. The molecule has 8 N–H and O–H groups in total. The molecule has 5 unspecified atom stereocenters. The molecule has 0 spiro atoms. The minimum Gasteiger partial charge on any atom is -0.481 e. The van der Waals surface area contributed by atoms with Crippen LogP contribution in [-0.2, 0) is 30.4 Å². The molecule has 14 heteroatoms. The van der Waals surface area contributed by atoms with E-state index in [2.05, 4.69) is 38.5 Å². The third kappa shape index (κ3) is 9.10. The molecule has 1 aromatic rings. The summed E-state index contributed by atoms with van der Waals surface area (Å²) in [7, 11) is 0. The van der Waals surface area contributed by atoms with Crippen molar-refractivity contribution >= 4 is 42.3 Å². The fourth-order valence-corrected chi connectivity index (χ4v) is 3.04. The molecule has 33 heavy (non-hydrogen) atoms. The first kappa shape index (κ1) is 27.9. The summed E-state index contributed by atoms with van der Waals surface area (Å²) in [5.41, 5.74) is 6.54. The van der Waals surface area contributed by atoms with Gasteiger partial charge in [-0.25, -0.2) is 9.78 Å². The van der Waals surface area contributed by atoms with Crippen LogP contribution in [0.1, 0.15) is 32.4 Å². The average Bonchev–Trinajstić information content (AvgIpc) is 3.26. The molecule has 1 aromatic heterocycles. The van der Waals surface area contributed by atoms with Gasteiger partial charge < -0.3 is 36.9 Å². The number of hydrogen-bond donors (Lipinski definition) is 8. The molecule has 13 nitrogen and oxygen atoms in total. The number of carboxylic acids is 2. The Morgan fingerprint density at radius 3 is 2.21 bits per heavy atom. The van der Waals surface area contributed by atoms with E-state index in [9.17, 15) is 24.0 Å². The molecular weight excluding hydrogens is 456 g/mol. The first-order valence-electron chi connectivity index (χ1n) is 10.2. The molecule has 1 rings (SSSR count). The summed E-state index contributed by atoms with van der Waals surface area (Å²) in [6.07, 6.45) is 2.77. The van der Waals surface area contributed by atoms with Crippen molar-refractivity contribution in [3.8, 4) is 0 Å². The van der Waals surface area contributed by atoms with Gasteiger partial charge in [-0.05, 0) is 5.92 Å². The molecule has 0 fully saturated rings. The highest BCUT2D eigenvalue weighted by Gasteiger charge is 2.33. The Labute approximate surface area is 195 Å². The maximum Gasteiger partial charge on any atom is 0.327 e. The van der Waals surface area contributed by atoms with Gasteiger partial charge in [0, 0.05) is 24.1 Å². The Morgan fingerprint density at radius 2 is 1.73 bits per heavy atom. The van der Waals surface area contributed by atoms with Crippen molar-refractivity contribution in [3.05, 3.63) is 18.2 Å². The van der Waals surface area contributed by atoms with E-state index in [-0.39, 0.29) is 18.1 Å². The van der Waals surface area contributed by atoms with Crippen LogP contribution >= 0.6 is 12.6 Å². The Hall–Kier alpha value is -3.13. The van der Waals surface area contributed by atoms with Crippen LogP contribution < -0.4 is 21.7 Å². The van der Waals surface area contributed by atoms with E-state index in [1.54, 1.807) is 13.8 Å². The Kier molecular flexibility index (Phi) is 11.4. The topological polar surface area (TPSA) is 217 Å². The molecule has 0 aliphatic rings. The van der Waals surface area contributed by atoms with Crippen molar-refractivity contribution in [2.75, 3.05) is 5.75 Å². The number of nitrogens with zero attached hydrogens (tertiary/aromatic N) is 1. The second kappa shape index (κ2) is 13.4. The minimum absolute atomic E-state index is 0.144. The Bertz CT molecular complexity index is 835. The lowest BCUT2D eigenvalue weighted by atomic mass is 9.97. The maximum absolute atomic E-state index is 12.9. The summed E-state index contributed by atoms with van der Waals surface area (Å²) in [5, 5.41) is 25.2. The number of nitrogens with two attached hydrogens (primary N) is 1. The highest BCUT2D eigenvalue weighted by molar-refractivity contribution is 7.80. The monoisotopic (exact) mass is 486 g/mol. The molecule has 3 amide bonds. The van der Waals surface area contributed by atoms with Crippen LogP contribution in [0.4, 0.5) is 0 Å². The Balaban J connectivity index is 2.95. The molecule has 0 bridgehead atoms. The molecule has 0 radical (unpaired) electrons. The van der Waals surface area contributed by atoms with Gasteiger partial charge in [-0.3, -0.25) is 19.2 Å². The number of hydrogen-bond acceptors (Lipinski definition) is 8. The standard InChI is InChI=1S/C19H30N6O7S/c1-3-9(2)15(25-16(28)11(20)4-10-6-21-8-22-10)18(30)23-12(5-14(26)27)17(29)24-13(7-33)19(31)32/h6,8-9,11-13,15,33H,3-5,7,20H2,1-2H3,(H,21,22)(H,23,30)(H,24,29)(H,25,28)(H,26,27)(H,31,32). The van der Waals surface area contributed by atoms with Gasteiger partial charge in [0.15, 0.2) is 0 Å². The minimum atomic E-state index is -1.57. The van der Waals surface area contributed by atoms with Gasteiger partial charge in [-0.2, -0.15) is 12.6 Å². The number of H-pyrrole nitrogens is 1. The third-order valence-electron chi connectivity index (χ3n) is 4.93. The van der Waals surface area contributed by atoms with Gasteiger partial charge in [0.1, 0.15) is 18.1 Å². The lowest BCUT2D eigenvalue weighted by Crippen LogP contribution is -2.59. The number of carbonyl (C=O) groups excluding carboxylic acids is 3. The van der Waals surface area contributed by atoms with Gasteiger partial charge in [-0.1, -0.05) is 20.3 Å². The largest absolute Gasteiger partial charge is 0.481 e. The average molecular weight is 487 g/mol. The van der Waals surface area contributed by atoms with E-state index in [1.165, 1.54) is 12.5 Å². The zero-order valence-corrected chi connectivity index (χ0v) is 19.2. The normalized spacial score (nSPS) is 15.4. The van der Waals surface area contributed by atoms with E-state index < -0.39 is 60.2 Å². The number of carbonyl (C=O) groups is 5. The quantitative estimate of drug-likeness (QED) is 0.140. The van der Waals surface area contributed by atoms with Crippen LogP contribution in [0.5, 0.6) is 0 Å². The van der Waals surface area contributed by atoms with Crippen molar-refractivity contribution in [1.82, 2.24) is 25.9 Å². The number of aliphatic carboxylic acids is 2. The Morgan fingerprint density at radius 1 is 1.09 bits per heavy atom. The summed E-state index contributed by atoms with van der Waals surface area (Å²) in [6, 6.07) is -5.05. The van der Waals surface area contributed by atoms with E-state index >= 15 is 0 Å². The highest BCUT2D eigenvalue weighted by Crippen LogP contribution is 2.10. The molecule has 0 aliphatic heterocycles. The van der Waals surface area contributed by atoms with Gasteiger partial charge in [0.2, 0.25) is 17.7 Å². The first-order valence-corrected chi connectivity index (χ1v) is 10.8. The first-order chi connectivity index (χ1) is 15.5. The van der Waals surface area contributed by atoms with Crippen molar-refractivity contribution in [1.29, 1.82) is 0 Å². The van der Waals surface area contributed by atoms with Crippen molar-refractivity contribution in [2.24, 2.45) is 11.7 Å². The van der Waals surface area contributed by atoms with E-state index in [4.69, 9.17) is 15.9 Å². The van der Waals surface area contributed by atoms with E-state index in [1.807, 2.05) is 0 Å². The highest BCUT2D eigenvalue weighted by atomic mass is 32.1. The van der Waals surface area contributed by atoms with Crippen molar-refractivity contribution in [3.63, 3.8) is 0 Å². The number of amides is 3. The van der Waals surface area contributed by atoms with E-state index in [0.717, 1.165) is 0 Å². The van der Waals surface area contributed by atoms with Crippen LogP contribution in [-0.4, -0.2) is 79.8 Å². The van der Waals surface area contributed by atoms with Crippen LogP contribution in [0.15, 0.2) is 12.5 Å². The molecule has 5 atom stereocenters. The van der Waals surface area contributed by atoms with Crippen LogP contribution in [0.25, 0.3) is 0 Å². The lowest BCUT2D eigenvalue weighted by Gasteiger charge is -2.27. The number of thiol groups is 1. The molecule has 0 saturated heterocycles. The van der Waals surface area contributed by atoms with Gasteiger partial charge in [0.25, 0.3) is 0 Å². The van der Waals surface area contributed by atoms with Crippen molar-refractivity contribution < 1.29 is 34.2 Å². The summed E-state index contributed by atoms with van der Waals surface area (Å²) in [5.74, 6) is -5.80. The number of aromatic nitrogens is 2. The number of imidazole rings is 1. The second-order valence-corrected chi connectivity index (χ2v) is 7.87. The second-order valence-electron chi connectivity index (χ2n) is 7.50. The van der Waals surface area contributed by atoms with Crippen LogP contribution in [0.3, 0.4) is 0 Å². The van der Waals surface area contributed by atoms with Crippen LogP contribution in [0.2, 0.25) is 0 Å².